The Balaban J connectivity index is 0.000000360. The molecule has 7 heavy (non-hydrogen) atoms. The largest absolute Gasteiger partial charge is 0.0888 e. The average molecular weight is 279 g/mol. The van der Waals surface area contributed by atoms with Gasteiger partial charge in [0.25, 0.3) is 0 Å². The fourth-order valence-corrected chi connectivity index (χ4v) is 0.583. The summed E-state index contributed by atoms with van der Waals surface area (Å²) in [6, 6.07) is 0. The summed E-state index contributed by atoms with van der Waals surface area (Å²) in [5.74, 6) is 0. The van der Waals surface area contributed by atoms with Crippen LogP contribution >= 0.6 is 11.6 Å². The zero-order valence-corrected chi connectivity index (χ0v) is 8.17. The summed E-state index contributed by atoms with van der Waals surface area (Å²) in [4.78, 5) is 0. The van der Waals surface area contributed by atoms with E-state index in [1.807, 2.05) is 18.2 Å². The van der Waals surface area contributed by atoms with Crippen LogP contribution in [0, 0.1) is 0 Å². The second-order valence-electron chi connectivity index (χ2n) is 1.25. The van der Waals surface area contributed by atoms with Crippen LogP contribution in [0.3, 0.4) is 0 Å². The maximum absolute atomic E-state index is 5.51. The molecule has 2 heteroatoms. The second-order valence-corrected chi connectivity index (χ2v) is 1.73. The number of hydrogen-bond donors (Lipinski definition) is 0. The first-order chi connectivity index (χ1) is 2.89. The number of hydrogen-bond acceptors (Lipinski definition) is 0. The maximum Gasteiger partial charge on any atom is 0.0218 e. The minimum absolute atomic E-state index is 0. The standard InChI is InChI=1S/C5H5Cl.Hf/c6-5-3-1-2-4-5;/h1-3H,4H2;. The quantitative estimate of drug-likeness (QED) is 0.595. The molecule has 1 aliphatic carbocycles. The van der Waals surface area contributed by atoms with Gasteiger partial charge in [0.2, 0.25) is 0 Å². The van der Waals surface area contributed by atoms with Crippen molar-refractivity contribution in [3.63, 3.8) is 0 Å². The van der Waals surface area contributed by atoms with Crippen molar-refractivity contribution in [3.05, 3.63) is 23.3 Å². The van der Waals surface area contributed by atoms with Gasteiger partial charge in [-0.05, 0) is 6.08 Å². The Labute approximate surface area is 67.0 Å². The zero-order chi connectivity index (χ0) is 4.41. The summed E-state index contributed by atoms with van der Waals surface area (Å²) in [6.45, 7) is 0. The van der Waals surface area contributed by atoms with E-state index in [1.165, 1.54) is 0 Å². The van der Waals surface area contributed by atoms with Crippen molar-refractivity contribution in [2.45, 2.75) is 6.42 Å². The Morgan fingerprint density at radius 1 is 1.57 bits per heavy atom. The van der Waals surface area contributed by atoms with Crippen LogP contribution in [0.15, 0.2) is 23.3 Å². The SMILES string of the molecule is ClC1=CC=CC1.[Hf]. The first-order valence-electron chi connectivity index (χ1n) is 1.91. The van der Waals surface area contributed by atoms with Crippen molar-refractivity contribution >= 4 is 11.6 Å². The van der Waals surface area contributed by atoms with Crippen molar-refractivity contribution < 1.29 is 25.8 Å². The molecule has 0 radical (unpaired) electrons. The molecule has 0 nitrogen and oxygen atoms in total. The van der Waals surface area contributed by atoms with E-state index < -0.39 is 0 Å². The van der Waals surface area contributed by atoms with Gasteiger partial charge >= 0.3 is 0 Å². The fourth-order valence-electron chi connectivity index (χ4n) is 0.421. The van der Waals surface area contributed by atoms with Crippen LogP contribution < -0.4 is 0 Å². The molecule has 0 spiro atoms. The third-order valence-electron chi connectivity index (χ3n) is 0.726. The van der Waals surface area contributed by atoms with Gasteiger partial charge in [0.1, 0.15) is 0 Å². The van der Waals surface area contributed by atoms with E-state index in [9.17, 15) is 0 Å². The van der Waals surface area contributed by atoms with Gasteiger partial charge in [-0.1, -0.05) is 23.8 Å². The Bertz CT molecular complexity index is 105. The molecule has 0 aromatic carbocycles. The summed E-state index contributed by atoms with van der Waals surface area (Å²) in [5, 5.41) is 0.940. The molecule has 0 amide bonds. The van der Waals surface area contributed by atoms with Crippen molar-refractivity contribution in [1.82, 2.24) is 0 Å². The number of allylic oxidation sites excluding steroid dienone is 4. The molecule has 1 aliphatic rings. The molecule has 0 N–H and O–H groups in total. The Kier molecular flexibility index (Phi) is 3.95. The normalized spacial score (nSPS) is 15.9. The first kappa shape index (κ1) is 7.64. The van der Waals surface area contributed by atoms with E-state index in [2.05, 4.69) is 0 Å². The van der Waals surface area contributed by atoms with Crippen LogP contribution in [0.25, 0.3) is 0 Å². The molecular formula is C5H5ClHf. The maximum atomic E-state index is 5.51. The van der Waals surface area contributed by atoms with E-state index >= 15 is 0 Å². The third kappa shape index (κ3) is 2.45. The molecule has 0 aliphatic heterocycles. The second kappa shape index (κ2) is 3.62. The molecule has 0 aromatic heterocycles. The van der Waals surface area contributed by atoms with Crippen LogP contribution in [0.5, 0.6) is 0 Å². The minimum Gasteiger partial charge on any atom is -0.0888 e. The topological polar surface area (TPSA) is 0 Å². The first-order valence-corrected chi connectivity index (χ1v) is 2.28. The molecule has 0 heterocycles. The van der Waals surface area contributed by atoms with E-state index in [-0.39, 0.29) is 25.8 Å². The molecular weight excluding hydrogens is 274 g/mol. The average Bonchev–Trinajstić information content (AvgIpc) is 1.86. The molecule has 0 fully saturated rings. The number of rotatable bonds is 0. The third-order valence-corrected chi connectivity index (χ3v) is 1.01. The molecule has 36 valence electrons. The van der Waals surface area contributed by atoms with E-state index in [0.29, 0.717) is 0 Å². The van der Waals surface area contributed by atoms with Crippen LogP contribution in [0.2, 0.25) is 0 Å². The van der Waals surface area contributed by atoms with Gasteiger partial charge in [-0.3, -0.25) is 0 Å². The van der Waals surface area contributed by atoms with E-state index in [0.717, 1.165) is 11.5 Å². The molecule has 0 atom stereocenters. The summed E-state index contributed by atoms with van der Waals surface area (Å²) in [6.07, 6.45) is 6.83. The van der Waals surface area contributed by atoms with Crippen molar-refractivity contribution in [2.75, 3.05) is 0 Å². The van der Waals surface area contributed by atoms with Crippen LogP contribution in [-0.2, 0) is 25.8 Å². The smallest absolute Gasteiger partial charge is 0.0218 e. The molecule has 0 saturated carbocycles. The van der Waals surface area contributed by atoms with Crippen molar-refractivity contribution in [2.24, 2.45) is 0 Å². The molecule has 0 unspecified atom stereocenters. The van der Waals surface area contributed by atoms with Gasteiger partial charge in [-0.25, -0.2) is 0 Å². The van der Waals surface area contributed by atoms with Crippen molar-refractivity contribution in [3.8, 4) is 0 Å². The van der Waals surface area contributed by atoms with Gasteiger partial charge in [-0.15, -0.1) is 0 Å². The van der Waals surface area contributed by atoms with Gasteiger partial charge in [0.15, 0.2) is 0 Å². The summed E-state index contributed by atoms with van der Waals surface area (Å²) in [5.41, 5.74) is 0. The summed E-state index contributed by atoms with van der Waals surface area (Å²) >= 11 is 5.51. The Morgan fingerprint density at radius 2 is 2.29 bits per heavy atom. The Hall–Kier alpha value is 0.640. The fraction of sp³-hybridized carbons (Fsp3) is 0.200. The van der Waals surface area contributed by atoms with Crippen LogP contribution in [-0.4, -0.2) is 0 Å². The van der Waals surface area contributed by atoms with E-state index in [4.69, 9.17) is 11.6 Å². The van der Waals surface area contributed by atoms with Gasteiger partial charge in [-0.2, -0.15) is 0 Å². The molecule has 0 saturated heterocycles. The molecule has 0 aromatic rings. The Morgan fingerprint density at radius 3 is 2.43 bits per heavy atom. The predicted molar refractivity (Wildman–Crippen MR) is 27.7 cm³/mol. The summed E-state index contributed by atoms with van der Waals surface area (Å²) in [7, 11) is 0. The minimum atomic E-state index is 0. The van der Waals surface area contributed by atoms with Crippen molar-refractivity contribution in [1.29, 1.82) is 0 Å². The molecule has 1 rings (SSSR count). The monoisotopic (exact) mass is 280 g/mol. The molecule has 0 bridgehead atoms. The van der Waals surface area contributed by atoms with Gasteiger partial charge in [0.05, 0.1) is 0 Å². The van der Waals surface area contributed by atoms with Crippen LogP contribution in [0.4, 0.5) is 0 Å². The summed E-state index contributed by atoms with van der Waals surface area (Å²) < 4.78 is 0. The zero-order valence-electron chi connectivity index (χ0n) is 3.82. The van der Waals surface area contributed by atoms with Crippen LogP contribution in [0.1, 0.15) is 6.42 Å². The van der Waals surface area contributed by atoms with Gasteiger partial charge in [0, 0.05) is 37.3 Å². The predicted octanol–water partition coefficient (Wildman–Crippen LogP) is 2.07. The van der Waals surface area contributed by atoms with Gasteiger partial charge < -0.3 is 0 Å². The number of halogens is 1. The van der Waals surface area contributed by atoms with E-state index in [1.54, 1.807) is 0 Å².